The Kier molecular flexibility index (Phi) is 5.24. The summed E-state index contributed by atoms with van der Waals surface area (Å²) in [6, 6.07) is 3.32. The average molecular weight is 306 g/mol. The molecular weight excluding hydrogens is 294 g/mol. The van der Waals surface area contributed by atoms with E-state index in [0.29, 0.717) is 12.0 Å². The van der Waals surface area contributed by atoms with Crippen LogP contribution in [0.25, 0.3) is 0 Å². The van der Waals surface area contributed by atoms with E-state index in [1.807, 2.05) is 0 Å². The lowest BCUT2D eigenvalue weighted by Gasteiger charge is -2.05. The monoisotopic (exact) mass is 305 g/mol. The molecule has 1 aromatic rings. The number of thioether (sulfide) groups is 1. The van der Waals surface area contributed by atoms with E-state index in [1.165, 1.54) is 6.07 Å². The van der Waals surface area contributed by atoms with Crippen LogP contribution in [-0.2, 0) is 0 Å². The molecule has 0 saturated carbocycles. The van der Waals surface area contributed by atoms with Crippen LogP contribution in [0.1, 0.15) is 12.0 Å². The number of nitro benzene ring substituents is 1. The molecule has 1 aromatic carbocycles. The van der Waals surface area contributed by atoms with Crippen molar-refractivity contribution in [2.24, 2.45) is 0 Å². The second-order valence-electron chi connectivity index (χ2n) is 3.25. The molecule has 0 heterocycles. The van der Waals surface area contributed by atoms with E-state index < -0.39 is 0 Å². The highest BCUT2D eigenvalue weighted by Crippen LogP contribution is 2.33. The zero-order valence-corrected chi connectivity index (χ0v) is 11.2. The Labute approximate surface area is 106 Å². The first kappa shape index (κ1) is 13.5. The summed E-state index contributed by atoms with van der Waals surface area (Å²) in [5.41, 5.74) is 0.776. The van der Waals surface area contributed by atoms with Gasteiger partial charge in [0.2, 0.25) is 0 Å². The van der Waals surface area contributed by atoms with Crippen molar-refractivity contribution in [2.75, 3.05) is 12.4 Å². The van der Waals surface area contributed by atoms with E-state index in [4.69, 9.17) is 5.11 Å². The molecule has 0 fully saturated rings. The fourth-order valence-corrected chi connectivity index (χ4v) is 2.82. The van der Waals surface area contributed by atoms with Crippen molar-refractivity contribution in [3.8, 4) is 0 Å². The van der Waals surface area contributed by atoms with Gasteiger partial charge in [0.25, 0.3) is 5.69 Å². The minimum absolute atomic E-state index is 0.124. The molecule has 1 N–H and O–H groups in total. The molecule has 88 valence electrons. The van der Waals surface area contributed by atoms with E-state index in [2.05, 4.69) is 15.9 Å². The molecular formula is C10H12BrNO3S. The molecule has 0 spiro atoms. The van der Waals surface area contributed by atoms with Gasteiger partial charge in [-0.2, -0.15) is 0 Å². The minimum atomic E-state index is -0.387. The number of aryl methyl sites for hydroxylation is 1. The third-order valence-corrected chi connectivity index (χ3v) is 4.07. The van der Waals surface area contributed by atoms with Crippen molar-refractivity contribution in [1.82, 2.24) is 0 Å². The maximum atomic E-state index is 10.7. The van der Waals surface area contributed by atoms with Gasteiger partial charge in [0.15, 0.2) is 0 Å². The first-order valence-corrected chi connectivity index (χ1v) is 6.52. The zero-order valence-electron chi connectivity index (χ0n) is 8.77. The number of aliphatic hydroxyl groups excluding tert-OH is 1. The molecule has 0 aliphatic rings. The van der Waals surface area contributed by atoms with Gasteiger partial charge in [0.1, 0.15) is 0 Å². The van der Waals surface area contributed by atoms with E-state index in [9.17, 15) is 10.1 Å². The van der Waals surface area contributed by atoms with Crippen molar-refractivity contribution in [2.45, 2.75) is 18.2 Å². The first-order chi connectivity index (χ1) is 7.56. The highest BCUT2D eigenvalue weighted by atomic mass is 79.9. The van der Waals surface area contributed by atoms with E-state index in [-0.39, 0.29) is 17.2 Å². The summed E-state index contributed by atoms with van der Waals surface area (Å²) < 4.78 is 0.729. The molecule has 1 rings (SSSR count). The maximum Gasteiger partial charge on any atom is 0.273 e. The van der Waals surface area contributed by atoms with Gasteiger partial charge >= 0.3 is 0 Å². The van der Waals surface area contributed by atoms with Crippen LogP contribution in [0.15, 0.2) is 21.5 Å². The van der Waals surface area contributed by atoms with Gasteiger partial charge in [0.05, 0.1) is 4.92 Å². The molecule has 0 amide bonds. The van der Waals surface area contributed by atoms with Crippen LogP contribution in [0.2, 0.25) is 0 Å². The maximum absolute atomic E-state index is 10.7. The summed E-state index contributed by atoms with van der Waals surface area (Å²) in [4.78, 5) is 11.3. The lowest BCUT2D eigenvalue weighted by atomic mass is 10.2. The number of hydrogen-bond donors (Lipinski definition) is 1. The van der Waals surface area contributed by atoms with Gasteiger partial charge in [-0.3, -0.25) is 10.1 Å². The van der Waals surface area contributed by atoms with Gasteiger partial charge in [0, 0.05) is 33.4 Å². The summed E-state index contributed by atoms with van der Waals surface area (Å²) in [6.07, 6.45) is 0.715. The molecule has 0 aliphatic carbocycles. The van der Waals surface area contributed by atoms with Crippen LogP contribution in [0, 0.1) is 17.0 Å². The van der Waals surface area contributed by atoms with Crippen molar-refractivity contribution in [1.29, 1.82) is 0 Å². The van der Waals surface area contributed by atoms with E-state index >= 15 is 0 Å². The highest BCUT2D eigenvalue weighted by molar-refractivity contribution is 9.10. The Morgan fingerprint density at radius 2 is 2.25 bits per heavy atom. The fraction of sp³-hybridized carbons (Fsp3) is 0.400. The fourth-order valence-electron chi connectivity index (χ4n) is 1.20. The van der Waals surface area contributed by atoms with E-state index in [0.717, 1.165) is 15.1 Å². The Balaban J connectivity index is 2.88. The summed E-state index contributed by atoms with van der Waals surface area (Å²) >= 11 is 4.89. The lowest BCUT2D eigenvalue weighted by Crippen LogP contribution is -1.93. The topological polar surface area (TPSA) is 63.4 Å². The van der Waals surface area contributed by atoms with Gasteiger partial charge in [-0.25, -0.2) is 0 Å². The Hall–Kier alpha value is -0.590. The summed E-state index contributed by atoms with van der Waals surface area (Å²) in [6.45, 7) is 1.89. The quantitative estimate of drug-likeness (QED) is 0.393. The third-order valence-electron chi connectivity index (χ3n) is 2.01. The predicted octanol–water partition coefficient (Wildman–Crippen LogP) is 3.14. The van der Waals surface area contributed by atoms with Gasteiger partial charge in [-0.15, -0.1) is 11.8 Å². The molecule has 6 heteroatoms. The standard InChI is InChI=1S/C10H12BrNO3S/c1-7-5-10(16-4-2-3-13)8(11)6-9(7)12(14)15/h5-6,13H,2-4H2,1H3. The SMILES string of the molecule is Cc1cc(SCCCO)c(Br)cc1[N+](=O)[O-]. The van der Waals surface area contributed by atoms with E-state index in [1.54, 1.807) is 24.8 Å². The number of nitrogens with zero attached hydrogens (tertiary/aromatic N) is 1. The second-order valence-corrected chi connectivity index (χ2v) is 5.24. The number of aliphatic hydroxyl groups is 1. The van der Waals surface area contributed by atoms with Crippen LogP contribution < -0.4 is 0 Å². The third kappa shape index (κ3) is 3.47. The van der Waals surface area contributed by atoms with Crippen LogP contribution >= 0.6 is 27.7 Å². The summed E-state index contributed by atoms with van der Waals surface area (Å²) in [5.74, 6) is 0.798. The lowest BCUT2D eigenvalue weighted by molar-refractivity contribution is -0.385. The van der Waals surface area contributed by atoms with Crippen molar-refractivity contribution in [3.63, 3.8) is 0 Å². The van der Waals surface area contributed by atoms with Crippen molar-refractivity contribution < 1.29 is 10.0 Å². The van der Waals surface area contributed by atoms with Crippen LogP contribution in [0.5, 0.6) is 0 Å². The molecule has 0 bridgehead atoms. The van der Waals surface area contributed by atoms with Crippen LogP contribution in [-0.4, -0.2) is 22.4 Å². The highest BCUT2D eigenvalue weighted by Gasteiger charge is 2.14. The Bertz CT molecular complexity index is 398. The molecule has 0 radical (unpaired) electrons. The largest absolute Gasteiger partial charge is 0.396 e. The van der Waals surface area contributed by atoms with Gasteiger partial charge in [-0.1, -0.05) is 0 Å². The van der Waals surface area contributed by atoms with Crippen molar-refractivity contribution in [3.05, 3.63) is 32.3 Å². The Morgan fingerprint density at radius 3 is 2.81 bits per heavy atom. The molecule has 4 nitrogen and oxygen atoms in total. The smallest absolute Gasteiger partial charge is 0.273 e. The number of benzene rings is 1. The zero-order chi connectivity index (χ0) is 12.1. The van der Waals surface area contributed by atoms with Crippen LogP contribution in [0.3, 0.4) is 0 Å². The number of nitro groups is 1. The number of hydrogen-bond acceptors (Lipinski definition) is 4. The molecule has 0 unspecified atom stereocenters. The summed E-state index contributed by atoms with van der Waals surface area (Å²) in [5, 5.41) is 19.4. The number of rotatable bonds is 5. The minimum Gasteiger partial charge on any atom is -0.396 e. The molecule has 16 heavy (non-hydrogen) atoms. The summed E-state index contributed by atoms with van der Waals surface area (Å²) in [7, 11) is 0. The normalized spacial score (nSPS) is 10.4. The van der Waals surface area contributed by atoms with Gasteiger partial charge < -0.3 is 5.11 Å². The molecule has 0 aromatic heterocycles. The molecule has 0 saturated heterocycles. The van der Waals surface area contributed by atoms with Gasteiger partial charge in [-0.05, 0) is 35.3 Å². The predicted molar refractivity (Wildman–Crippen MR) is 68.0 cm³/mol. The van der Waals surface area contributed by atoms with Crippen LogP contribution in [0.4, 0.5) is 5.69 Å². The molecule has 0 atom stereocenters. The van der Waals surface area contributed by atoms with Crippen molar-refractivity contribution >= 4 is 33.4 Å². The second kappa shape index (κ2) is 6.22. The Morgan fingerprint density at radius 1 is 1.56 bits per heavy atom. The number of halogens is 1. The average Bonchev–Trinajstić information content (AvgIpc) is 2.22. The first-order valence-electron chi connectivity index (χ1n) is 4.74. The molecule has 0 aliphatic heterocycles.